The number of methoxy groups -OCH3 is 2. The molecule has 0 aromatic heterocycles. The third kappa shape index (κ3) is 8.22. The van der Waals surface area contributed by atoms with Crippen molar-refractivity contribution in [2.24, 2.45) is 5.92 Å². The molecular weight excluding hydrogens is 244 g/mol. The highest BCUT2D eigenvalue weighted by atomic mass is 16.5. The predicted molar refractivity (Wildman–Crippen MR) is 61.3 cm³/mol. The summed E-state index contributed by atoms with van der Waals surface area (Å²) < 4.78 is 8.19. The Hall–Kier alpha value is -1.96. The number of ketones is 1. The lowest BCUT2D eigenvalue weighted by molar-refractivity contribution is -0.153. The van der Waals surface area contributed by atoms with Crippen LogP contribution in [-0.4, -0.2) is 52.1 Å². The predicted octanol–water partition coefficient (Wildman–Crippen LogP) is -1.55. The Morgan fingerprint density at radius 2 is 1.78 bits per heavy atom. The highest BCUT2D eigenvalue weighted by molar-refractivity contribution is 6.15. The Bertz CT molecular complexity index is 292. The van der Waals surface area contributed by atoms with Gasteiger partial charge in [-0.2, -0.15) is 0 Å². The lowest BCUT2D eigenvalue weighted by Crippen LogP contribution is -2.42. The maximum absolute atomic E-state index is 11.3. The van der Waals surface area contributed by atoms with Gasteiger partial charge in [0, 0.05) is 0 Å². The van der Waals surface area contributed by atoms with Crippen LogP contribution >= 0.6 is 0 Å². The topological polar surface area (TPSA) is 111 Å². The van der Waals surface area contributed by atoms with Crippen molar-refractivity contribution in [3.8, 4) is 0 Å². The van der Waals surface area contributed by atoms with Gasteiger partial charge in [0.15, 0.2) is 11.7 Å². The van der Waals surface area contributed by atoms with Gasteiger partial charge >= 0.3 is 5.97 Å². The maximum Gasteiger partial charge on any atom is 0.325 e. The van der Waals surface area contributed by atoms with E-state index in [9.17, 15) is 14.4 Å². The zero-order valence-electron chi connectivity index (χ0n) is 10.8. The van der Waals surface area contributed by atoms with Gasteiger partial charge in [-0.1, -0.05) is 0 Å². The number of ether oxygens (including phenoxy) is 2. The van der Waals surface area contributed by atoms with Crippen LogP contribution in [-0.2, 0) is 28.7 Å². The fraction of sp³-hybridized carbons (Fsp3) is 0.600. The Balaban J connectivity index is 0. The van der Waals surface area contributed by atoms with Gasteiger partial charge in [0.2, 0.25) is 5.91 Å². The van der Waals surface area contributed by atoms with E-state index in [-0.39, 0.29) is 6.67 Å². The van der Waals surface area contributed by atoms with Crippen molar-refractivity contribution in [2.45, 2.75) is 6.92 Å². The average Bonchev–Trinajstić information content (AvgIpc) is 2.36. The number of carbonyl (C=O) groups is 4. The van der Waals surface area contributed by atoms with Crippen molar-refractivity contribution < 1.29 is 28.7 Å². The van der Waals surface area contributed by atoms with Crippen LogP contribution in [0.3, 0.4) is 0 Å². The summed E-state index contributed by atoms with van der Waals surface area (Å²) in [7, 11) is 4.07. The molecule has 0 bridgehead atoms. The van der Waals surface area contributed by atoms with Gasteiger partial charge in [-0.3, -0.25) is 19.2 Å². The Morgan fingerprint density at radius 3 is 2.06 bits per heavy atom. The minimum Gasteiger partial charge on any atom is -0.471 e. The molecule has 8 nitrogen and oxygen atoms in total. The Labute approximate surface area is 105 Å². The molecule has 0 aliphatic heterocycles. The highest BCUT2D eigenvalue weighted by Crippen LogP contribution is 2.01. The van der Waals surface area contributed by atoms with E-state index >= 15 is 0 Å². The molecule has 0 aliphatic carbocycles. The first-order valence-electron chi connectivity index (χ1n) is 4.93. The molecule has 0 aromatic carbocycles. The first kappa shape index (κ1) is 18.4. The average molecular weight is 262 g/mol. The molecule has 0 saturated carbocycles. The van der Waals surface area contributed by atoms with E-state index in [1.54, 1.807) is 7.05 Å². The van der Waals surface area contributed by atoms with E-state index < -0.39 is 23.6 Å². The normalized spacial score (nSPS) is 10.2. The molecule has 1 unspecified atom stereocenters. The summed E-state index contributed by atoms with van der Waals surface area (Å²) in [5.41, 5.74) is 0. The van der Waals surface area contributed by atoms with Crippen molar-refractivity contribution in [2.75, 3.05) is 27.9 Å². The number of rotatable bonds is 6. The molecule has 0 fully saturated rings. The SMILES string of the molecule is CNCNC(=O)C(C(C)=O)C(=O)OC.COC=O. The van der Waals surface area contributed by atoms with Crippen LogP contribution in [0.5, 0.6) is 0 Å². The first-order chi connectivity index (χ1) is 8.45. The molecule has 0 aliphatic rings. The third-order valence-corrected chi connectivity index (χ3v) is 1.64. The lowest BCUT2D eigenvalue weighted by atomic mass is 10.1. The van der Waals surface area contributed by atoms with Crippen molar-refractivity contribution in [1.82, 2.24) is 10.6 Å². The van der Waals surface area contributed by atoms with Crippen LogP contribution in [0, 0.1) is 5.92 Å². The van der Waals surface area contributed by atoms with E-state index in [2.05, 4.69) is 20.1 Å². The molecule has 18 heavy (non-hydrogen) atoms. The first-order valence-corrected chi connectivity index (χ1v) is 4.93. The van der Waals surface area contributed by atoms with E-state index in [0.29, 0.717) is 6.47 Å². The summed E-state index contributed by atoms with van der Waals surface area (Å²) in [6, 6.07) is 0. The monoisotopic (exact) mass is 262 g/mol. The van der Waals surface area contributed by atoms with Crippen LogP contribution in [0.25, 0.3) is 0 Å². The Kier molecular flexibility index (Phi) is 11.8. The van der Waals surface area contributed by atoms with Crippen LogP contribution < -0.4 is 10.6 Å². The molecule has 104 valence electrons. The number of hydrogen-bond donors (Lipinski definition) is 2. The molecule has 1 amide bonds. The number of hydrogen-bond acceptors (Lipinski definition) is 7. The number of Topliss-reactive ketones (excluding diaryl/α,β-unsaturated/α-hetero) is 1. The van der Waals surface area contributed by atoms with Crippen LogP contribution in [0.2, 0.25) is 0 Å². The van der Waals surface area contributed by atoms with Crippen molar-refractivity contribution in [3.05, 3.63) is 0 Å². The quantitative estimate of drug-likeness (QED) is 0.258. The maximum atomic E-state index is 11.3. The van der Waals surface area contributed by atoms with Crippen LogP contribution in [0.15, 0.2) is 0 Å². The van der Waals surface area contributed by atoms with Gasteiger partial charge in [-0.25, -0.2) is 0 Å². The summed E-state index contributed by atoms with van der Waals surface area (Å²) >= 11 is 0. The van der Waals surface area contributed by atoms with Crippen molar-refractivity contribution >= 4 is 24.1 Å². The number of nitrogens with one attached hydrogen (secondary N) is 2. The summed E-state index contributed by atoms with van der Waals surface area (Å²) in [6.45, 7) is 1.74. The molecule has 0 aromatic rings. The van der Waals surface area contributed by atoms with E-state index in [4.69, 9.17) is 4.79 Å². The summed E-state index contributed by atoms with van der Waals surface area (Å²) in [5.74, 6) is -3.40. The summed E-state index contributed by atoms with van der Waals surface area (Å²) in [5, 5.41) is 5.01. The molecule has 0 heterocycles. The molecule has 0 rings (SSSR count). The van der Waals surface area contributed by atoms with Crippen molar-refractivity contribution in [1.29, 1.82) is 0 Å². The van der Waals surface area contributed by atoms with Gasteiger partial charge in [0.05, 0.1) is 20.9 Å². The second-order valence-corrected chi connectivity index (χ2v) is 2.97. The van der Waals surface area contributed by atoms with Crippen LogP contribution in [0.1, 0.15) is 6.92 Å². The summed E-state index contributed by atoms with van der Waals surface area (Å²) in [6.07, 6.45) is 0. The minimum atomic E-state index is -1.37. The number of esters is 1. The lowest BCUT2D eigenvalue weighted by Gasteiger charge is -2.11. The molecule has 2 N–H and O–H groups in total. The standard InChI is InChI=1S/C8H14N2O4.C2H4O2/c1-5(11)6(8(13)14-3)7(12)10-4-9-2;1-4-2-3/h6,9H,4H2,1-3H3,(H,10,12);2H,1H3. The molecule has 8 heteroatoms. The zero-order valence-corrected chi connectivity index (χ0v) is 10.8. The zero-order chi connectivity index (χ0) is 14.6. The molecule has 0 spiro atoms. The van der Waals surface area contributed by atoms with Gasteiger partial charge in [0.25, 0.3) is 6.47 Å². The Morgan fingerprint density at radius 1 is 1.28 bits per heavy atom. The van der Waals surface area contributed by atoms with Gasteiger partial charge in [-0.05, 0) is 14.0 Å². The fourth-order valence-corrected chi connectivity index (χ4v) is 0.853. The van der Waals surface area contributed by atoms with Gasteiger partial charge < -0.3 is 20.1 Å². The second kappa shape index (κ2) is 11.5. The van der Waals surface area contributed by atoms with Crippen molar-refractivity contribution in [3.63, 3.8) is 0 Å². The number of amides is 1. The highest BCUT2D eigenvalue weighted by Gasteiger charge is 2.31. The van der Waals surface area contributed by atoms with E-state index in [1.807, 2.05) is 0 Å². The summed E-state index contributed by atoms with van der Waals surface area (Å²) in [4.78, 5) is 42.2. The second-order valence-electron chi connectivity index (χ2n) is 2.97. The van der Waals surface area contributed by atoms with Gasteiger partial charge in [-0.15, -0.1) is 0 Å². The van der Waals surface area contributed by atoms with E-state index in [0.717, 1.165) is 7.11 Å². The largest absolute Gasteiger partial charge is 0.471 e. The molecular formula is C10H18N2O6. The fourth-order valence-electron chi connectivity index (χ4n) is 0.853. The third-order valence-electron chi connectivity index (χ3n) is 1.64. The van der Waals surface area contributed by atoms with Crippen LogP contribution in [0.4, 0.5) is 0 Å². The smallest absolute Gasteiger partial charge is 0.325 e. The minimum absolute atomic E-state index is 0.194. The molecule has 0 radical (unpaired) electrons. The molecule has 1 atom stereocenters. The molecule has 0 saturated heterocycles. The van der Waals surface area contributed by atoms with Gasteiger partial charge in [0.1, 0.15) is 0 Å². The number of carbonyl (C=O) groups excluding carboxylic acids is 4. The van der Waals surface area contributed by atoms with E-state index in [1.165, 1.54) is 14.0 Å².